The van der Waals surface area contributed by atoms with Crippen molar-refractivity contribution >= 4 is 60.7 Å². The Hall–Kier alpha value is -6.06. The quantitative estimate of drug-likeness (QED) is 0.130. The molecule has 0 N–H and O–H groups in total. The summed E-state index contributed by atoms with van der Waals surface area (Å²) in [6.07, 6.45) is 16.5. The highest BCUT2D eigenvalue weighted by Gasteiger charge is 2.19. The Balaban J connectivity index is 1.37. The predicted octanol–water partition coefficient (Wildman–Crippen LogP) is 13.8. The first kappa shape index (κ1) is 32.5. The van der Waals surface area contributed by atoms with Crippen molar-refractivity contribution in [1.82, 2.24) is 4.57 Å². The molecule has 0 saturated carbocycles. The van der Waals surface area contributed by atoms with Crippen molar-refractivity contribution in [1.29, 1.82) is 0 Å². The summed E-state index contributed by atoms with van der Waals surface area (Å²) in [6.45, 7) is 14.3. The lowest BCUT2D eigenvalue weighted by molar-refractivity contribution is 0.669. The zero-order valence-electron chi connectivity index (χ0n) is 29.1. The molecule has 50 heavy (non-hydrogen) atoms. The Morgan fingerprint density at radius 1 is 0.700 bits per heavy atom. The van der Waals surface area contributed by atoms with Gasteiger partial charge in [-0.3, -0.25) is 0 Å². The Labute approximate surface area is 294 Å². The molecule has 0 aliphatic rings. The minimum absolute atomic E-state index is 0.823. The number of hydrogen-bond donors (Lipinski definition) is 0. The Bertz CT molecular complexity index is 2480. The number of anilines is 2. The van der Waals surface area contributed by atoms with Gasteiger partial charge >= 0.3 is 0 Å². The Kier molecular flexibility index (Phi) is 9.22. The van der Waals surface area contributed by atoms with E-state index in [1.807, 2.05) is 31.2 Å². The van der Waals surface area contributed by atoms with Gasteiger partial charge in [-0.25, -0.2) is 0 Å². The maximum Gasteiger partial charge on any atom is 0.136 e. The molecule has 0 aliphatic heterocycles. The van der Waals surface area contributed by atoms with Gasteiger partial charge in [-0.15, -0.1) is 0 Å². The SMILES string of the molecule is C=C/C(=C\C)C/C=C\C(=C/CC)N(c1ccc(/C(C=C)=C/C)cc1)c1ccc(-n2c3ccccc3c3c4c(ccc32)oc2ccccc24)cc1. The van der Waals surface area contributed by atoms with Gasteiger partial charge in [-0.2, -0.15) is 0 Å². The van der Waals surface area contributed by atoms with Crippen LogP contribution >= 0.6 is 0 Å². The molecule has 2 aromatic heterocycles. The molecule has 0 bridgehead atoms. The lowest BCUT2D eigenvalue weighted by Gasteiger charge is -2.27. The molecule has 0 aliphatic carbocycles. The van der Waals surface area contributed by atoms with Crippen LogP contribution in [0.4, 0.5) is 11.4 Å². The average molecular weight is 651 g/mol. The van der Waals surface area contributed by atoms with Gasteiger partial charge in [0.05, 0.1) is 11.0 Å². The average Bonchev–Trinajstić information content (AvgIpc) is 3.70. The number of furan rings is 1. The van der Waals surface area contributed by atoms with Crippen LogP contribution in [0.3, 0.4) is 0 Å². The van der Waals surface area contributed by atoms with E-state index in [0.717, 1.165) is 74.2 Å². The molecule has 5 aromatic carbocycles. The molecular formula is C47H42N2O. The smallest absolute Gasteiger partial charge is 0.136 e. The van der Waals surface area contributed by atoms with Crippen molar-refractivity contribution in [2.75, 3.05) is 4.90 Å². The van der Waals surface area contributed by atoms with Gasteiger partial charge in [0.15, 0.2) is 0 Å². The van der Waals surface area contributed by atoms with Gasteiger partial charge in [0, 0.05) is 44.3 Å². The van der Waals surface area contributed by atoms with E-state index < -0.39 is 0 Å². The van der Waals surface area contributed by atoms with Gasteiger partial charge in [-0.1, -0.05) is 105 Å². The Morgan fingerprint density at radius 2 is 1.40 bits per heavy atom. The zero-order chi connectivity index (χ0) is 34.6. The van der Waals surface area contributed by atoms with Crippen molar-refractivity contribution < 1.29 is 4.42 Å². The molecule has 246 valence electrons. The summed E-state index contributed by atoms with van der Waals surface area (Å²) in [5.74, 6) is 0. The molecule has 7 aromatic rings. The van der Waals surface area contributed by atoms with Gasteiger partial charge in [0.2, 0.25) is 0 Å². The molecule has 7 rings (SSSR count). The normalized spacial score (nSPS) is 12.9. The number of aromatic nitrogens is 1. The van der Waals surface area contributed by atoms with Gasteiger partial charge in [0.1, 0.15) is 11.2 Å². The maximum absolute atomic E-state index is 6.30. The molecule has 0 spiro atoms. The predicted molar refractivity (Wildman–Crippen MR) is 217 cm³/mol. The van der Waals surface area contributed by atoms with Crippen LogP contribution in [-0.4, -0.2) is 4.57 Å². The van der Waals surface area contributed by atoms with E-state index in [9.17, 15) is 0 Å². The van der Waals surface area contributed by atoms with Crippen molar-refractivity contribution in [2.45, 2.75) is 33.6 Å². The van der Waals surface area contributed by atoms with Crippen LogP contribution < -0.4 is 4.90 Å². The molecule has 0 atom stereocenters. The summed E-state index contributed by atoms with van der Waals surface area (Å²) in [7, 11) is 0. The molecule has 0 amide bonds. The molecule has 0 saturated heterocycles. The first-order valence-corrected chi connectivity index (χ1v) is 17.4. The lowest BCUT2D eigenvalue weighted by atomic mass is 10.0. The van der Waals surface area contributed by atoms with E-state index in [0.29, 0.717) is 0 Å². The number of rotatable bonds is 11. The molecule has 3 nitrogen and oxygen atoms in total. The third-order valence-corrected chi connectivity index (χ3v) is 9.48. The van der Waals surface area contributed by atoms with Gasteiger partial charge in [-0.05, 0) is 110 Å². The van der Waals surface area contributed by atoms with E-state index in [1.54, 1.807) is 0 Å². The van der Waals surface area contributed by atoms with Crippen LogP contribution in [0.5, 0.6) is 0 Å². The first-order valence-electron chi connectivity index (χ1n) is 17.4. The van der Waals surface area contributed by atoms with Gasteiger partial charge in [0.25, 0.3) is 0 Å². The van der Waals surface area contributed by atoms with E-state index >= 15 is 0 Å². The molecule has 0 radical (unpaired) electrons. The standard InChI is InChI=1S/C47H42N2O/c1-6-16-36(18-15-17-33(7-2)8-3)48(37-25-23-35(24-26-37)34(9-4)10-5)38-27-29-39(30-28-38)49-42-21-13-11-19-40(42)46-43(49)31-32-45-47(46)41-20-12-14-22-44(41)50-45/h7-16,18-32H,2,4,6,17H2,1,3,5H3/b18-15-,33-8+,34-10+,36-16+. The van der Waals surface area contributed by atoms with Crippen LogP contribution in [-0.2, 0) is 0 Å². The third-order valence-electron chi connectivity index (χ3n) is 9.48. The molecule has 2 heterocycles. The molecular weight excluding hydrogens is 609 g/mol. The number of hydrogen-bond acceptors (Lipinski definition) is 2. The number of fused-ring (bicyclic) bond motifs is 7. The lowest BCUT2D eigenvalue weighted by Crippen LogP contribution is -2.15. The number of allylic oxidation sites excluding steroid dienone is 9. The van der Waals surface area contributed by atoms with Crippen molar-refractivity contribution in [2.24, 2.45) is 0 Å². The van der Waals surface area contributed by atoms with Crippen LogP contribution in [0.1, 0.15) is 39.2 Å². The first-order chi connectivity index (χ1) is 24.6. The van der Waals surface area contributed by atoms with Crippen molar-refractivity contribution in [3.8, 4) is 5.69 Å². The fourth-order valence-electron chi connectivity index (χ4n) is 7.03. The van der Waals surface area contributed by atoms with E-state index in [2.05, 4.69) is 164 Å². The van der Waals surface area contributed by atoms with Crippen molar-refractivity contribution in [3.05, 3.63) is 182 Å². The van der Waals surface area contributed by atoms with Crippen LogP contribution in [0, 0.1) is 0 Å². The minimum Gasteiger partial charge on any atom is -0.456 e. The summed E-state index contributed by atoms with van der Waals surface area (Å²) in [5, 5.41) is 4.73. The highest BCUT2D eigenvalue weighted by molar-refractivity contribution is 6.27. The summed E-state index contributed by atoms with van der Waals surface area (Å²) in [4.78, 5) is 2.34. The van der Waals surface area contributed by atoms with Crippen LogP contribution in [0.25, 0.3) is 55.0 Å². The van der Waals surface area contributed by atoms with Gasteiger partial charge < -0.3 is 13.9 Å². The highest BCUT2D eigenvalue weighted by atomic mass is 16.3. The van der Waals surface area contributed by atoms with Crippen molar-refractivity contribution in [3.63, 3.8) is 0 Å². The third kappa shape index (κ3) is 5.82. The second kappa shape index (κ2) is 14.2. The monoisotopic (exact) mass is 650 g/mol. The van der Waals surface area contributed by atoms with E-state index in [1.165, 1.54) is 21.9 Å². The molecule has 0 fully saturated rings. The van der Waals surface area contributed by atoms with Crippen LogP contribution in [0.2, 0.25) is 0 Å². The summed E-state index contributed by atoms with van der Waals surface area (Å²) in [6, 6.07) is 39.0. The van der Waals surface area contributed by atoms with Crippen LogP contribution in [0.15, 0.2) is 181 Å². The fraction of sp³-hybridized carbons (Fsp3) is 0.106. The highest BCUT2D eigenvalue weighted by Crippen LogP contribution is 2.41. The minimum atomic E-state index is 0.823. The second-order valence-electron chi connectivity index (χ2n) is 12.3. The number of benzene rings is 5. The number of para-hydroxylation sites is 2. The molecule has 0 unspecified atom stereocenters. The maximum atomic E-state index is 6.30. The number of nitrogens with zero attached hydrogens (tertiary/aromatic N) is 2. The zero-order valence-corrected chi connectivity index (χ0v) is 29.1. The van der Waals surface area contributed by atoms with E-state index in [-0.39, 0.29) is 0 Å². The molecule has 3 heteroatoms. The van der Waals surface area contributed by atoms with E-state index in [4.69, 9.17) is 4.42 Å². The topological polar surface area (TPSA) is 21.3 Å². The second-order valence-corrected chi connectivity index (χ2v) is 12.3. The largest absolute Gasteiger partial charge is 0.456 e. The summed E-state index contributed by atoms with van der Waals surface area (Å²) in [5.41, 5.74) is 12.0. The fourth-order valence-corrected chi connectivity index (χ4v) is 7.03. The Morgan fingerprint density at radius 3 is 2.08 bits per heavy atom. The summed E-state index contributed by atoms with van der Waals surface area (Å²) < 4.78 is 8.67. The summed E-state index contributed by atoms with van der Waals surface area (Å²) >= 11 is 0.